The SMILES string of the molecule is CC(=O)Nc1ccc(C[C@H](NC(=O)[C@H]2CCSC2(C)C)C(=O)OC(C)(C)C)cc1. The van der Waals surface area contributed by atoms with Crippen LogP contribution in [0.1, 0.15) is 53.5 Å². The smallest absolute Gasteiger partial charge is 0.329 e. The fourth-order valence-electron chi connectivity index (χ4n) is 3.34. The zero-order valence-electron chi connectivity index (χ0n) is 18.1. The van der Waals surface area contributed by atoms with E-state index in [1.807, 2.05) is 32.9 Å². The number of anilines is 1. The van der Waals surface area contributed by atoms with Crippen LogP contribution < -0.4 is 10.6 Å². The van der Waals surface area contributed by atoms with Crippen LogP contribution in [0.2, 0.25) is 0 Å². The first kappa shape index (κ1) is 23.3. The van der Waals surface area contributed by atoms with Crippen LogP contribution in [0.5, 0.6) is 0 Å². The average molecular weight is 421 g/mol. The summed E-state index contributed by atoms with van der Waals surface area (Å²) in [6.45, 7) is 11.0. The minimum atomic E-state index is -0.769. The predicted molar refractivity (Wildman–Crippen MR) is 117 cm³/mol. The van der Waals surface area contributed by atoms with Crippen molar-refractivity contribution in [2.24, 2.45) is 5.92 Å². The molecular weight excluding hydrogens is 388 g/mol. The van der Waals surface area contributed by atoms with E-state index < -0.39 is 17.6 Å². The van der Waals surface area contributed by atoms with Crippen molar-refractivity contribution in [3.8, 4) is 0 Å². The van der Waals surface area contributed by atoms with Gasteiger partial charge in [-0.1, -0.05) is 12.1 Å². The molecule has 0 radical (unpaired) electrons. The van der Waals surface area contributed by atoms with Crippen LogP contribution in [0, 0.1) is 5.92 Å². The van der Waals surface area contributed by atoms with Gasteiger partial charge in [0.15, 0.2) is 0 Å². The van der Waals surface area contributed by atoms with Crippen LogP contribution >= 0.6 is 11.8 Å². The van der Waals surface area contributed by atoms with Gasteiger partial charge in [0.05, 0.1) is 5.92 Å². The molecule has 1 aromatic rings. The van der Waals surface area contributed by atoms with Crippen molar-refractivity contribution in [3.05, 3.63) is 29.8 Å². The Morgan fingerprint density at radius 2 is 1.83 bits per heavy atom. The first-order chi connectivity index (χ1) is 13.4. The van der Waals surface area contributed by atoms with Crippen LogP contribution in [0.25, 0.3) is 0 Å². The second-order valence-electron chi connectivity index (χ2n) is 8.97. The van der Waals surface area contributed by atoms with Crippen molar-refractivity contribution in [2.45, 2.75) is 70.8 Å². The van der Waals surface area contributed by atoms with Gasteiger partial charge >= 0.3 is 5.97 Å². The van der Waals surface area contributed by atoms with Crippen molar-refractivity contribution in [3.63, 3.8) is 0 Å². The molecule has 1 heterocycles. The average Bonchev–Trinajstić information content (AvgIpc) is 2.93. The summed E-state index contributed by atoms with van der Waals surface area (Å²) in [5.41, 5.74) is 0.914. The van der Waals surface area contributed by atoms with E-state index in [9.17, 15) is 14.4 Å². The molecule has 0 unspecified atom stereocenters. The second-order valence-corrected chi connectivity index (χ2v) is 10.7. The Morgan fingerprint density at radius 3 is 2.31 bits per heavy atom. The van der Waals surface area contributed by atoms with Gasteiger partial charge in [-0.15, -0.1) is 0 Å². The molecule has 1 aromatic carbocycles. The van der Waals surface area contributed by atoms with Gasteiger partial charge in [-0.05, 0) is 64.5 Å². The molecule has 2 atom stereocenters. The summed E-state index contributed by atoms with van der Waals surface area (Å²) < 4.78 is 5.40. The monoisotopic (exact) mass is 420 g/mol. The maximum atomic E-state index is 12.9. The molecule has 2 amide bonds. The first-order valence-corrected chi connectivity index (χ1v) is 10.9. The number of rotatable bonds is 6. The van der Waals surface area contributed by atoms with Crippen molar-refractivity contribution < 1.29 is 19.1 Å². The topological polar surface area (TPSA) is 84.5 Å². The third-order valence-electron chi connectivity index (χ3n) is 4.76. The Hall–Kier alpha value is -2.02. The summed E-state index contributed by atoms with van der Waals surface area (Å²) >= 11 is 1.78. The van der Waals surface area contributed by atoms with Crippen molar-refractivity contribution >= 4 is 35.2 Å². The Kier molecular flexibility index (Phi) is 7.38. The number of esters is 1. The largest absolute Gasteiger partial charge is 0.458 e. The summed E-state index contributed by atoms with van der Waals surface area (Å²) in [6, 6.07) is 6.46. The van der Waals surface area contributed by atoms with Gasteiger partial charge in [0.1, 0.15) is 11.6 Å². The first-order valence-electron chi connectivity index (χ1n) is 9.91. The highest BCUT2D eigenvalue weighted by molar-refractivity contribution is 8.00. The van der Waals surface area contributed by atoms with E-state index in [1.165, 1.54) is 6.92 Å². The molecule has 1 aliphatic rings. The lowest BCUT2D eigenvalue weighted by molar-refractivity contribution is -0.159. The summed E-state index contributed by atoms with van der Waals surface area (Å²) in [4.78, 5) is 36.9. The Bertz CT molecular complexity index is 753. The van der Waals surface area contributed by atoms with Gasteiger partial charge in [0.25, 0.3) is 0 Å². The highest BCUT2D eigenvalue weighted by Crippen LogP contribution is 2.42. The van der Waals surface area contributed by atoms with E-state index in [0.29, 0.717) is 12.1 Å². The van der Waals surface area contributed by atoms with E-state index in [-0.39, 0.29) is 22.5 Å². The highest BCUT2D eigenvalue weighted by atomic mass is 32.2. The third kappa shape index (κ3) is 7.07. The van der Waals surface area contributed by atoms with Gasteiger partial charge in [-0.25, -0.2) is 4.79 Å². The summed E-state index contributed by atoms with van der Waals surface area (Å²) in [6.07, 6.45) is 1.12. The van der Waals surface area contributed by atoms with E-state index in [1.54, 1.807) is 23.9 Å². The van der Waals surface area contributed by atoms with E-state index in [4.69, 9.17) is 4.74 Å². The molecule has 1 fully saturated rings. The molecule has 0 spiro atoms. The molecule has 1 saturated heterocycles. The molecule has 6 nitrogen and oxygen atoms in total. The van der Waals surface area contributed by atoms with Gasteiger partial charge in [0, 0.05) is 23.8 Å². The minimum absolute atomic E-state index is 0.106. The maximum Gasteiger partial charge on any atom is 0.329 e. The number of amides is 2. The predicted octanol–water partition coefficient (Wildman–Crippen LogP) is 3.55. The number of carbonyl (C=O) groups excluding carboxylic acids is 3. The molecule has 2 rings (SSSR count). The lowest BCUT2D eigenvalue weighted by Gasteiger charge is -2.29. The maximum absolute atomic E-state index is 12.9. The Balaban J connectivity index is 2.15. The van der Waals surface area contributed by atoms with Crippen LogP contribution in [-0.2, 0) is 25.5 Å². The van der Waals surface area contributed by atoms with Gasteiger partial charge in [0.2, 0.25) is 11.8 Å². The number of hydrogen-bond donors (Lipinski definition) is 2. The van der Waals surface area contributed by atoms with Crippen molar-refractivity contribution in [1.29, 1.82) is 0 Å². The number of ether oxygens (including phenoxy) is 1. The van der Waals surface area contributed by atoms with Crippen molar-refractivity contribution in [2.75, 3.05) is 11.1 Å². The van der Waals surface area contributed by atoms with Crippen LogP contribution in [-0.4, -0.2) is 39.9 Å². The molecule has 0 bridgehead atoms. The van der Waals surface area contributed by atoms with Crippen LogP contribution in [0.15, 0.2) is 24.3 Å². The zero-order valence-corrected chi connectivity index (χ0v) is 18.9. The zero-order chi connectivity index (χ0) is 21.8. The summed E-state index contributed by atoms with van der Waals surface area (Å²) in [7, 11) is 0. The van der Waals surface area contributed by atoms with Crippen LogP contribution in [0.3, 0.4) is 0 Å². The molecule has 29 heavy (non-hydrogen) atoms. The van der Waals surface area contributed by atoms with Gasteiger partial charge < -0.3 is 15.4 Å². The van der Waals surface area contributed by atoms with E-state index in [0.717, 1.165) is 17.7 Å². The molecule has 7 heteroatoms. The Labute approximate surface area is 177 Å². The van der Waals surface area contributed by atoms with E-state index >= 15 is 0 Å². The van der Waals surface area contributed by atoms with Crippen LogP contribution in [0.4, 0.5) is 5.69 Å². The number of benzene rings is 1. The quantitative estimate of drug-likeness (QED) is 0.688. The normalized spacial score (nSPS) is 19.3. The van der Waals surface area contributed by atoms with Gasteiger partial charge in [-0.2, -0.15) is 11.8 Å². The second kappa shape index (κ2) is 9.20. The van der Waals surface area contributed by atoms with E-state index in [2.05, 4.69) is 24.5 Å². The lowest BCUT2D eigenvalue weighted by atomic mass is 9.91. The minimum Gasteiger partial charge on any atom is -0.458 e. The lowest BCUT2D eigenvalue weighted by Crippen LogP contribution is -2.49. The molecule has 160 valence electrons. The molecule has 0 aliphatic carbocycles. The molecule has 0 saturated carbocycles. The highest BCUT2D eigenvalue weighted by Gasteiger charge is 2.41. The molecule has 0 aromatic heterocycles. The number of hydrogen-bond acceptors (Lipinski definition) is 5. The summed E-state index contributed by atoms with van der Waals surface area (Å²) in [5.74, 6) is 0.103. The molecular formula is C22H32N2O4S. The number of thioether (sulfide) groups is 1. The molecule has 2 N–H and O–H groups in total. The molecule has 1 aliphatic heterocycles. The number of nitrogens with one attached hydrogen (secondary N) is 2. The van der Waals surface area contributed by atoms with Crippen molar-refractivity contribution in [1.82, 2.24) is 5.32 Å². The third-order valence-corrected chi connectivity index (χ3v) is 6.23. The standard InChI is InChI=1S/C22H32N2O4S/c1-14(25)23-16-9-7-15(8-10-16)13-18(20(27)28-21(2,3)4)24-19(26)17-11-12-29-22(17,5)6/h7-10,17-18H,11-13H2,1-6H3,(H,23,25)(H,24,26)/t17-,18+/m1/s1. The number of carbonyl (C=O) groups is 3. The Morgan fingerprint density at radius 1 is 1.21 bits per heavy atom. The fourth-order valence-corrected chi connectivity index (χ4v) is 4.64. The fraction of sp³-hybridized carbons (Fsp3) is 0.591. The van der Waals surface area contributed by atoms with Gasteiger partial charge in [-0.3, -0.25) is 9.59 Å². The summed E-state index contributed by atoms with van der Waals surface area (Å²) in [5, 5.41) is 5.65.